The van der Waals surface area contributed by atoms with Crippen LogP contribution in [0.5, 0.6) is 0 Å². The molecule has 1 aliphatic rings. The van der Waals surface area contributed by atoms with Gasteiger partial charge in [0.05, 0.1) is 6.61 Å². The molecule has 0 spiro atoms. The van der Waals surface area contributed by atoms with E-state index in [-0.39, 0.29) is 6.09 Å². The smallest absolute Gasteiger partial charge is 0.409 e. The summed E-state index contributed by atoms with van der Waals surface area (Å²) in [6.07, 6.45) is 1.67. The van der Waals surface area contributed by atoms with E-state index >= 15 is 0 Å². The molecule has 0 unspecified atom stereocenters. The first-order valence-electron chi connectivity index (χ1n) is 6.86. The molecule has 108 valence electrons. The normalized spacial score (nSPS) is 15.9. The molecule has 0 radical (unpaired) electrons. The molecule has 20 heavy (non-hydrogen) atoms. The van der Waals surface area contributed by atoms with Crippen LogP contribution >= 0.6 is 11.3 Å². The van der Waals surface area contributed by atoms with Crippen molar-refractivity contribution in [3.63, 3.8) is 0 Å². The second-order valence-electron chi connectivity index (χ2n) is 4.72. The number of carbonyl (C=O) groups is 1. The van der Waals surface area contributed by atoms with Gasteiger partial charge in [-0.15, -0.1) is 11.3 Å². The van der Waals surface area contributed by atoms with Crippen LogP contribution < -0.4 is 5.32 Å². The molecule has 1 aromatic heterocycles. The number of hydrogen-bond donors (Lipinski definition) is 1. The third-order valence-electron chi connectivity index (χ3n) is 3.36. The molecule has 1 saturated heterocycles. The molecule has 1 N–H and O–H groups in total. The van der Waals surface area contributed by atoms with Gasteiger partial charge in [0.15, 0.2) is 0 Å². The highest BCUT2D eigenvalue weighted by molar-refractivity contribution is 7.12. The summed E-state index contributed by atoms with van der Waals surface area (Å²) in [4.78, 5) is 15.3. The molecule has 1 fully saturated rings. The Kier molecular flexibility index (Phi) is 5.39. The number of likely N-dealkylation sites (tertiary alicyclic amines) is 1. The fraction of sp³-hybridized carbons (Fsp3) is 0.571. The summed E-state index contributed by atoms with van der Waals surface area (Å²) in [5, 5.41) is 12.3. The van der Waals surface area contributed by atoms with Crippen molar-refractivity contribution in [2.75, 3.05) is 19.7 Å². The molecule has 2 heterocycles. The van der Waals surface area contributed by atoms with E-state index in [0.717, 1.165) is 37.4 Å². The maximum atomic E-state index is 11.6. The van der Waals surface area contributed by atoms with Gasteiger partial charge < -0.3 is 15.0 Å². The zero-order valence-electron chi connectivity index (χ0n) is 11.6. The summed E-state index contributed by atoms with van der Waals surface area (Å²) < 4.78 is 5.00. The number of hydrogen-bond acceptors (Lipinski definition) is 5. The van der Waals surface area contributed by atoms with Crippen molar-refractivity contribution in [3.05, 3.63) is 21.9 Å². The summed E-state index contributed by atoms with van der Waals surface area (Å²) >= 11 is 1.53. The number of nitrogens with zero attached hydrogens (tertiary/aromatic N) is 2. The van der Waals surface area contributed by atoms with Crippen molar-refractivity contribution in [2.24, 2.45) is 0 Å². The standard InChI is InChI=1S/C14H19N3O2S/c1-2-19-14(18)17-7-5-11(6-8-17)16-10-13-4-3-12(9-15)20-13/h3-4,11,16H,2,5-8,10H2,1H3. The van der Waals surface area contributed by atoms with Crippen LogP contribution in [0.4, 0.5) is 4.79 Å². The lowest BCUT2D eigenvalue weighted by atomic mass is 10.1. The lowest BCUT2D eigenvalue weighted by molar-refractivity contribution is 0.0950. The molecule has 1 aliphatic heterocycles. The Morgan fingerprint density at radius 1 is 1.55 bits per heavy atom. The van der Waals surface area contributed by atoms with Gasteiger partial charge in [-0.2, -0.15) is 5.26 Å². The lowest BCUT2D eigenvalue weighted by Crippen LogP contribution is -2.44. The number of carbonyl (C=O) groups excluding carboxylic acids is 1. The second-order valence-corrected chi connectivity index (χ2v) is 5.89. The molecule has 1 aromatic rings. The average Bonchev–Trinajstić information content (AvgIpc) is 2.94. The molecule has 0 bridgehead atoms. The van der Waals surface area contributed by atoms with E-state index in [0.29, 0.717) is 12.6 Å². The highest BCUT2D eigenvalue weighted by Gasteiger charge is 2.23. The van der Waals surface area contributed by atoms with Crippen LogP contribution in [0, 0.1) is 11.3 Å². The van der Waals surface area contributed by atoms with Gasteiger partial charge in [0.1, 0.15) is 10.9 Å². The fourth-order valence-electron chi connectivity index (χ4n) is 2.26. The first kappa shape index (κ1) is 14.8. The number of nitriles is 1. The predicted molar refractivity (Wildman–Crippen MR) is 77.5 cm³/mol. The van der Waals surface area contributed by atoms with Gasteiger partial charge in [-0.05, 0) is 31.9 Å². The number of thiophene rings is 1. The van der Waals surface area contributed by atoms with Crippen LogP contribution in [-0.4, -0.2) is 36.7 Å². The van der Waals surface area contributed by atoms with Crippen molar-refractivity contribution in [3.8, 4) is 6.07 Å². The molecule has 0 aromatic carbocycles. The first-order chi connectivity index (χ1) is 9.72. The van der Waals surface area contributed by atoms with Gasteiger partial charge in [-0.3, -0.25) is 0 Å². The van der Waals surface area contributed by atoms with Crippen molar-refractivity contribution < 1.29 is 9.53 Å². The lowest BCUT2D eigenvalue weighted by Gasteiger charge is -2.31. The second kappa shape index (κ2) is 7.27. The van der Waals surface area contributed by atoms with Gasteiger partial charge in [0, 0.05) is 30.6 Å². The van der Waals surface area contributed by atoms with Gasteiger partial charge in [-0.25, -0.2) is 4.79 Å². The Morgan fingerprint density at radius 2 is 2.30 bits per heavy atom. The summed E-state index contributed by atoms with van der Waals surface area (Å²) in [7, 11) is 0. The molecule has 0 aliphatic carbocycles. The predicted octanol–water partition coefficient (Wildman–Crippen LogP) is 2.33. The minimum atomic E-state index is -0.206. The van der Waals surface area contributed by atoms with E-state index in [1.54, 1.807) is 4.90 Å². The van der Waals surface area contributed by atoms with Crippen LogP contribution in [0.15, 0.2) is 12.1 Å². The van der Waals surface area contributed by atoms with Gasteiger partial charge in [0.2, 0.25) is 0 Å². The summed E-state index contributed by atoms with van der Waals surface area (Å²) in [5.74, 6) is 0. The average molecular weight is 293 g/mol. The van der Waals surface area contributed by atoms with Crippen molar-refractivity contribution in [2.45, 2.75) is 32.4 Å². The molecule has 0 atom stereocenters. The number of piperidine rings is 1. The zero-order valence-corrected chi connectivity index (χ0v) is 12.4. The highest BCUT2D eigenvalue weighted by Crippen LogP contribution is 2.17. The van der Waals surface area contributed by atoms with E-state index < -0.39 is 0 Å². The third kappa shape index (κ3) is 3.95. The molecular formula is C14H19N3O2S. The van der Waals surface area contributed by atoms with E-state index in [1.807, 2.05) is 19.1 Å². The minimum absolute atomic E-state index is 0.206. The molecule has 0 saturated carbocycles. The Balaban J connectivity index is 1.72. The molecule has 1 amide bonds. The van der Waals surface area contributed by atoms with Gasteiger partial charge >= 0.3 is 6.09 Å². The largest absolute Gasteiger partial charge is 0.450 e. The number of nitrogens with one attached hydrogen (secondary N) is 1. The number of rotatable bonds is 4. The van der Waals surface area contributed by atoms with Crippen LogP contribution in [0.3, 0.4) is 0 Å². The minimum Gasteiger partial charge on any atom is -0.450 e. The number of amides is 1. The maximum Gasteiger partial charge on any atom is 0.409 e. The Labute approximate surface area is 123 Å². The van der Waals surface area contributed by atoms with Gasteiger partial charge in [0.25, 0.3) is 0 Å². The van der Waals surface area contributed by atoms with Crippen LogP contribution in [-0.2, 0) is 11.3 Å². The van der Waals surface area contributed by atoms with Crippen molar-refractivity contribution in [1.29, 1.82) is 5.26 Å². The van der Waals surface area contributed by atoms with Gasteiger partial charge in [-0.1, -0.05) is 0 Å². The SMILES string of the molecule is CCOC(=O)N1CCC(NCc2ccc(C#N)s2)CC1. The third-order valence-corrected chi connectivity index (χ3v) is 4.35. The van der Waals surface area contributed by atoms with Crippen LogP contribution in [0.1, 0.15) is 29.5 Å². The fourth-order valence-corrected chi connectivity index (χ4v) is 3.01. The van der Waals surface area contributed by atoms with E-state index in [9.17, 15) is 4.79 Å². The Morgan fingerprint density at radius 3 is 2.90 bits per heavy atom. The molecular weight excluding hydrogens is 274 g/mol. The molecule has 5 nitrogen and oxygen atoms in total. The van der Waals surface area contributed by atoms with Crippen molar-refractivity contribution >= 4 is 17.4 Å². The zero-order chi connectivity index (χ0) is 14.4. The van der Waals surface area contributed by atoms with E-state index in [4.69, 9.17) is 10.00 Å². The topological polar surface area (TPSA) is 65.4 Å². The maximum absolute atomic E-state index is 11.6. The van der Waals surface area contributed by atoms with E-state index in [2.05, 4.69) is 11.4 Å². The Bertz CT molecular complexity index is 487. The monoisotopic (exact) mass is 293 g/mol. The molecule has 2 rings (SSSR count). The van der Waals surface area contributed by atoms with Crippen LogP contribution in [0.2, 0.25) is 0 Å². The Hall–Kier alpha value is -1.58. The number of ether oxygens (including phenoxy) is 1. The van der Waals surface area contributed by atoms with Crippen LogP contribution in [0.25, 0.3) is 0 Å². The summed E-state index contributed by atoms with van der Waals surface area (Å²) in [5.41, 5.74) is 0. The highest BCUT2D eigenvalue weighted by atomic mass is 32.1. The quantitative estimate of drug-likeness (QED) is 0.925. The summed E-state index contributed by atoms with van der Waals surface area (Å²) in [6.45, 7) is 4.52. The van der Waals surface area contributed by atoms with Crippen molar-refractivity contribution in [1.82, 2.24) is 10.2 Å². The van der Waals surface area contributed by atoms with E-state index in [1.165, 1.54) is 16.2 Å². The molecule has 6 heteroatoms. The summed E-state index contributed by atoms with van der Waals surface area (Å²) in [6, 6.07) is 6.41. The first-order valence-corrected chi connectivity index (χ1v) is 7.68.